The average Bonchev–Trinajstić information content (AvgIpc) is 3.18. The van der Waals surface area contributed by atoms with Crippen LogP contribution in [-0.2, 0) is 20.9 Å². The quantitative estimate of drug-likeness (QED) is 0.451. The summed E-state index contributed by atoms with van der Waals surface area (Å²) in [6, 6.07) is 18.5. The van der Waals surface area contributed by atoms with Gasteiger partial charge >= 0.3 is 12.1 Å². The Morgan fingerprint density at radius 3 is 2.26 bits per heavy atom. The van der Waals surface area contributed by atoms with Crippen LogP contribution in [0.1, 0.15) is 35.4 Å². The number of rotatable bonds is 9. The number of hydrogen-bond acceptors (Lipinski definition) is 5. The smallest absolute Gasteiger partial charge is 0.407 e. The van der Waals surface area contributed by atoms with Gasteiger partial charge in [0.1, 0.15) is 12.6 Å². The molecule has 0 saturated carbocycles. The number of ether oxygens (including phenoxy) is 1. The molecular formula is C26H25N3O5. The van der Waals surface area contributed by atoms with E-state index in [0.717, 1.165) is 27.8 Å². The van der Waals surface area contributed by atoms with Crippen molar-refractivity contribution in [1.82, 2.24) is 15.6 Å². The first-order valence-corrected chi connectivity index (χ1v) is 11.0. The van der Waals surface area contributed by atoms with Crippen LogP contribution >= 0.6 is 0 Å². The summed E-state index contributed by atoms with van der Waals surface area (Å²) in [7, 11) is 0. The van der Waals surface area contributed by atoms with Crippen LogP contribution in [0.5, 0.6) is 0 Å². The highest BCUT2D eigenvalue weighted by Crippen LogP contribution is 2.44. The fourth-order valence-corrected chi connectivity index (χ4v) is 4.13. The third-order valence-electron chi connectivity index (χ3n) is 5.79. The van der Waals surface area contributed by atoms with Crippen molar-refractivity contribution < 1.29 is 24.2 Å². The number of nitrogens with one attached hydrogen (secondary N) is 2. The second-order valence-corrected chi connectivity index (χ2v) is 8.03. The molecule has 3 aromatic rings. The number of carbonyl (C=O) groups is 3. The summed E-state index contributed by atoms with van der Waals surface area (Å²) in [5, 5.41) is 14.3. The van der Waals surface area contributed by atoms with Crippen molar-refractivity contribution in [2.45, 2.75) is 31.3 Å². The van der Waals surface area contributed by atoms with Crippen LogP contribution in [0.3, 0.4) is 0 Å². The van der Waals surface area contributed by atoms with Crippen LogP contribution in [0.2, 0.25) is 0 Å². The molecule has 1 unspecified atom stereocenters. The maximum atomic E-state index is 12.7. The first-order chi connectivity index (χ1) is 16.5. The van der Waals surface area contributed by atoms with E-state index in [4.69, 9.17) is 9.84 Å². The number of carboxylic acid groups (broad SMARTS) is 1. The number of hydrogen-bond donors (Lipinski definition) is 3. The Kier molecular flexibility index (Phi) is 7.17. The molecule has 34 heavy (non-hydrogen) atoms. The Balaban J connectivity index is 1.39. The van der Waals surface area contributed by atoms with E-state index in [0.29, 0.717) is 0 Å². The molecule has 1 aromatic heterocycles. The van der Waals surface area contributed by atoms with E-state index in [1.54, 1.807) is 24.5 Å². The topological polar surface area (TPSA) is 118 Å². The number of alkyl carbamates (subject to hydrolysis) is 1. The van der Waals surface area contributed by atoms with Crippen molar-refractivity contribution in [3.8, 4) is 11.1 Å². The standard InChI is InChI=1S/C26H25N3O5/c30-24(31)12-11-23(25(32)28-15-17-6-5-13-27-14-17)29-26(33)34-16-22-20-9-3-1-7-18(20)19-8-2-4-10-21(19)22/h1-10,13-14,22-23H,11-12,15-16H2,(H,28,32)(H,29,33)(H,30,31). The number of nitrogens with zero attached hydrogens (tertiary/aromatic N) is 1. The van der Waals surface area contributed by atoms with Gasteiger partial charge in [0.05, 0.1) is 0 Å². The van der Waals surface area contributed by atoms with Crippen LogP contribution in [0.15, 0.2) is 73.1 Å². The van der Waals surface area contributed by atoms with Gasteiger partial charge in [0.2, 0.25) is 5.91 Å². The lowest BCUT2D eigenvalue weighted by Gasteiger charge is -2.19. The summed E-state index contributed by atoms with van der Waals surface area (Å²) in [6.07, 6.45) is 2.15. The molecule has 0 fully saturated rings. The SMILES string of the molecule is O=C(O)CCC(NC(=O)OCC1c2ccccc2-c2ccccc21)C(=O)NCc1cccnc1. The molecular weight excluding hydrogens is 434 g/mol. The number of fused-ring (bicyclic) bond motifs is 3. The summed E-state index contributed by atoms with van der Waals surface area (Å²) >= 11 is 0. The highest BCUT2D eigenvalue weighted by molar-refractivity contribution is 5.86. The van der Waals surface area contributed by atoms with Gasteiger partial charge in [-0.1, -0.05) is 54.6 Å². The van der Waals surface area contributed by atoms with Crippen LogP contribution < -0.4 is 10.6 Å². The molecule has 8 heteroatoms. The number of pyridine rings is 1. The highest BCUT2D eigenvalue weighted by atomic mass is 16.5. The summed E-state index contributed by atoms with van der Waals surface area (Å²) < 4.78 is 5.50. The molecule has 1 aliphatic carbocycles. The second-order valence-electron chi connectivity index (χ2n) is 8.03. The van der Waals surface area contributed by atoms with E-state index < -0.39 is 24.0 Å². The average molecular weight is 460 g/mol. The van der Waals surface area contributed by atoms with E-state index in [-0.39, 0.29) is 31.9 Å². The van der Waals surface area contributed by atoms with Crippen molar-refractivity contribution in [3.05, 3.63) is 89.7 Å². The molecule has 4 rings (SSSR count). The normalized spacial score (nSPS) is 12.8. The van der Waals surface area contributed by atoms with Gasteiger partial charge in [-0.05, 0) is 40.3 Å². The number of amides is 2. The van der Waals surface area contributed by atoms with Crippen LogP contribution in [0.4, 0.5) is 4.79 Å². The molecule has 8 nitrogen and oxygen atoms in total. The molecule has 174 valence electrons. The zero-order valence-corrected chi connectivity index (χ0v) is 18.4. The third kappa shape index (κ3) is 5.40. The zero-order valence-electron chi connectivity index (χ0n) is 18.4. The minimum absolute atomic E-state index is 0.0571. The van der Waals surface area contributed by atoms with E-state index >= 15 is 0 Å². The summed E-state index contributed by atoms with van der Waals surface area (Å²) in [6.45, 7) is 0.311. The van der Waals surface area contributed by atoms with Gasteiger partial charge < -0.3 is 20.5 Å². The molecule has 1 aliphatic rings. The molecule has 3 N–H and O–H groups in total. The lowest BCUT2D eigenvalue weighted by molar-refractivity contribution is -0.137. The van der Waals surface area contributed by atoms with Gasteiger partial charge in [-0.15, -0.1) is 0 Å². The molecule has 2 amide bonds. The number of aromatic nitrogens is 1. The monoisotopic (exact) mass is 459 g/mol. The number of benzene rings is 2. The highest BCUT2D eigenvalue weighted by Gasteiger charge is 2.30. The first-order valence-electron chi connectivity index (χ1n) is 11.0. The van der Waals surface area contributed by atoms with Gasteiger partial charge in [-0.25, -0.2) is 4.79 Å². The Hall–Kier alpha value is -4.20. The molecule has 0 aliphatic heterocycles. The number of carbonyl (C=O) groups excluding carboxylic acids is 2. The molecule has 0 saturated heterocycles. The fourth-order valence-electron chi connectivity index (χ4n) is 4.13. The van der Waals surface area contributed by atoms with Gasteiger partial charge in [0.25, 0.3) is 0 Å². The molecule has 0 radical (unpaired) electrons. The van der Waals surface area contributed by atoms with Crippen LogP contribution in [0.25, 0.3) is 11.1 Å². The van der Waals surface area contributed by atoms with Crippen molar-refractivity contribution >= 4 is 18.0 Å². The molecule has 1 atom stereocenters. The lowest BCUT2D eigenvalue weighted by Crippen LogP contribution is -2.47. The van der Waals surface area contributed by atoms with E-state index in [2.05, 4.69) is 15.6 Å². The van der Waals surface area contributed by atoms with Gasteiger partial charge in [-0.3, -0.25) is 14.6 Å². The minimum atomic E-state index is -1.06. The van der Waals surface area contributed by atoms with Gasteiger partial charge in [-0.2, -0.15) is 0 Å². The first kappa shape index (κ1) is 23.0. The van der Waals surface area contributed by atoms with Crippen LogP contribution in [-0.4, -0.2) is 40.7 Å². The van der Waals surface area contributed by atoms with Crippen molar-refractivity contribution in [3.63, 3.8) is 0 Å². The van der Waals surface area contributed by atoms with Gasteiger partial charge in [0.15, 0.2) is 0 Å². The second kappa shape index (κ2) is 10.6. The maximum absolute atomic E-state index is 12.7. The predicted molar refractivity (Wildman–Crippen MR) is 125 cm³/mol. The minimum Gasteiger partial charge on any atom is -0.481 e. The van der Waals surface area contributed by atoms with Gasteiger partial charge in [0, 0.05) is 31.3 Å². The Morgan fingerprint density at radius 1 is 0.971 bits per heavy atom. The Bertz CT molecular complexity index is 1140. The zero-order chi connectivity index (χ0) is 23.9. The molecule has 0 bridgehead atoms. The summed E-state index contributed by atoms with van der Waals surface area (Å²) in [5.74, 6) is -1.66. The van der Waals surface area contributed by atoms with Crippen molar-refractivity contribution in [2.75, 3.05) is 6.61 Å². The van der Waals surface area contributed by atoms with Crippen LogP contribution in [0, 0.1) is 0 Å². The van der Waals surface area contributed by atoms with Crippen molar-refractivity contribution in [2.24, 2.45) is 0 Å². The maximum Gasteiger partial charge on any atom is 0.407 e. The molecule has 0 spiro atoms. The largest absolute Gasteiger partial charge is 0.481 e. The Labute approximate surface area is 197 Å². The van der Waals surface area contributed by atoms with E-state index in [9.17, 15) is 14.4 Å². The summed E-state index contributed by atoms with van der Waals surface area (Å²) in [5.41, 5.74) is 5.16. The van der Waals surface area contributed by atoms with E-state index in [1.165, 1.54) is 0 Å². The number of aliphatic carboxylic acids is 1. The molecule has 2 aromatic carbocycles. The fraction of sp³-hybridized carbons (Fsp3) is 0.231. The number of carboxylic acids is 1. The summed E-state index contributed by atoms with van der Waals surface area (Å²) in [4.78, 5) is 40.3. The predicted octanol–water partition coefficient (Wildman–Crippen LogP) is 3.47. The third-order valence-corrected chi connectivity index (χ3v) is 5.79. The Morgan fingerprint density at radius 2 is 1.65 bits per heavy atom. The lowest BCUT2D eigenvalue weighted by atomic mass is 9.98. The van der Waals surface area contributed by atoms with Crippen molar-refractivity contribution in [1.29, 1.82) is 0 Å². The van der Waals surface area contributed by atoms with E-state index in [1.807, 2.05) is 48.5 Å². The molecule has 1 heterocycles.